The van der Waals surface area contributed by atoms with Crippen molar-refractivity contribution in [3.8, 4) is 0 Å². The van der Waals surface area contributed by atoms with Gasteiger partial charge in [0.1, 0.15) is 0 Å². The number of rotatable bonds is 1. The fraction of sp³-hybridized carbons (Fsp3) is 0.429. The molecule has 0 bridgehead atoms. The lowest BCUT2D eigenvalue weighted by molar-refractivity contribution is 0.706. The van der Waals surface area contributed by atoms with Crippen LogP contribution in [0, 0.1) is 0 Å². The van der Waals surface area contributed by atoms with Crippen molar-refractivity contribution in [2.75, 3.05) is 0 Å². The number of hydrogen-bond acceptors (Lipinski definition) is 4. The normalized spacial score (nSPS) is 11.2. The Kier molecular flexibility index (Phi) is 1.49. The molecule has 12 heavy (non-hydrogen) atoms. The number of hydrogen-bond donors (Lipinski definition) is 0. The molecule has 2 aromatic rings. The van der Waals surface area contributed by atoms with Crippen LogP contribution < -0.4 is 0 Å². The van der Waals surface area contributed by atoms with Crippen molar-refractivity contribution in [2.24, 2.45) is 0 Å². The summed E-state index contributed by atoms with van der Waals surface area (Å²) in [4.78, 5) is 0. The number of aromatic nitrogens is 5. The van der Waals surface area contributed by atoms with Gasteiger partial charge in [-0.05, 0) is 5.92 Å². The van der Waals surface area contributed by atoms with Crippen molar-refractivity contribution in [3.63, 3.8) is 0 Å². The Morgan fingerprint density at radius 3 is 2.83 bits per heavy atom. The number of fused-ring (bicyclic) bond motifs is 1. The maximum Gasteiger partial charge on any atom is 0.197 e. The van der Waals surface area contributed by atoms with Gasteiger partial charge in [0.15, 0.2) is 5.65 Å². The minimum atomic E-state index is 0.379. The molecule has 0 aliphatic heterocycles. The molecule has 0 amide bonds. The van der Waals surface area contributed by atoms with Crippen molar-refractivity contribution >= 4 is 5.65 Å². The molecule has 0 aliphatic rings. The smallest absolute Gasteiger partial charge is 0.195 e. The van der Waals surface area contributed by atoms with Gasteiger partial charge in [-0.1, -0.05) is 19.1 Å². The average Bonchev–Trinajstić information content (AvgIpc) is 2.49. The maximum absolute atomic E-state index is 3.90. The first-order valence-electron chi connectivity index (χ1n) is 3.81. The van der Waals surface area contributed by atoms with E-state index < -0.39 is 0 Å². The van der Waals surface area contributed by atoms with Crippen molar-refractivity contribution < 1.29 is 0 Å². The molecule has 0 aromatic carbocycles. The predicted molar refractivity (Wildman–Crippen MR) is 42.7 cm³/mol. The van der Waals surface area contributed by atoms with Crippen molar-refractivity contribution in [2.45, 2.75) is 19.8 Å². The number of nitrogens with zero attached hydrogens (tertiary/aromatic N) is 5. The zero-order valence-electron chi connectivity index (χ0n) is 6.97. The molecule has 0 N–H and O–H groups in total. The SMILES string of the molecule is CC(C)c1cnnc2cnnn12. The molecule has 0 spiro atoms. The summed E-state index contributed by atoms with van der Waals surface area (Å²) in [6.45, 7) is 4.16. The van der Waals surface area contributed by atoms with E-state index in [9.17, 15) is 0 Å². The van der Waals surface area contributed by atoms with Gasteiger partial charge in [0.2, 0.25) is 0 Å². The second kappa shape index (κ2) is 2.51. The van der Waals surface area contributed by atoms with E-state index in [1.807, 2.05) is 0 Å². The Labute approximate surface area is 69.4 Å². The average molecular weight is 163 g/mol. The predicted octanol–water partition coefficient (Wildman–Crippen LogP) is 0.643. The maximum atomic E-state index is 3.90. The Bertz CT molecular complexity index is 391. The monoisotopic (exact) mass is 163 g/mol. The fourth-order valence-corrected chi connectivity index (χ4v) is 1.08. The van der Waals surface area contributed by atoms with Crippen LogP contribution in [0.3, 0.4) is 0 Å². The highest BCUT2D eigenvalue weighted by atomic mass is 15.4. The molecule has 62 valence electrons. The first kappa shape index (κ1) is 7.15. The molecule has 2 heterocycles. The van der Waals surface area contributed by atoms with Crippen LogP contribution in [0.2, 0.25) is 0 Å². The third-order valence-electron chi connectivity index (χ3n) is 1.72. The van der Waals surface area contributed by atoms with Gasteiger partial charge in [-0.25, -0.2) is 0 Å². The fourth-order valence-electron chi connectivity index (χ4n) is 1.08. The van der Waals surface area contributed by atoms with E-state index in [-0.39, 0.29) is 0 Å². The highest BCUT2D eigenvalue weighted by molar-refractivity contribution is 5.32. The summed E-state index contributed by atoms with van der Waals surface area (Å²) in [5, 5.41) is 15.4. The summed E-state index contributed by atoms with van der Waals surface area (Å²) in [6.07, 6.45) is 3.31. The third kappa shape index (κ3) is 0.939. The van der Waals surface area contributed by atoms with Crippen LogP contribution in [0.1, 0.15) is 25.5 Å². The molecule has 0 radical (unpaired) electrons. The Hall–Kier alpha value is -1.52. The van der Waals surface area contributed by atoms with Crippen molar-refractivity contribution in [3.05, 3.63) is 18.1 Å². The molecule has 2 aromatic heterocycles. The van der Waals surface area contributed by atoms with Gasteiger partial charge < -0.3 is 0 Å². The van der Waals surface area contributed by atoms with Gasteiger partial charge >= 0.3 is 0 Å². The molecule has 5 nitrogen and oxygen atoms in total. The van der Waals surface area contributed by atoms with E-state index in [1.165, 1.54) is 0 Å². The van der Waals surface area contributed by atoms with Gasteiger partial charge in [0, 0.05) is 0 Å². The summed E-state index contributed by atoms with van der Waals surface area (Å²) in [6, 6.07) is 0. The summed E-state index contributed by atoms with van der Waals surface area (Å²) < 4.78 is 1.71. The zero-order valence-corrected chi connectivity index (χ0v) is 6.97. The summed E-state index contributed by atoms with van der Waals surface area (Å²) in [5.74, 6) is 0.379. The Balaban J connectivity index is 2.73. The van der Waals surface area contributed by atoms with Gasteiger partial charge in [-0.2, -0.15) is 9.61 Å². The minimum Gasteiger partial charge on any atom is -0.195 e. The minimum absolute atomic E-state index is 0.379. The van der Waals surface area contributed by atoms with Crippen LogP contribution >= 0.6 is 0 Å². The van der Waals surface area contributed by atoms with Crippen LogP contribution in [-0.2, 0) is 0 Å². The zero-order chi connectivity index (χ0) is 8.55. The van der Waals surface area contributed by atoms with Crippen molar-refractivity contribution in [1.82, 2.24) is 25.0 Å². The van der Waals surface area contributed by atoms with E-state index in [1.54, 1.807) is 16.9 Å². The van der Waals surface area contributed by atoms with Crippen LogP contribution in [0.25, 0.3) is 5.65 Å². The largest absolute Gasteiger partial charge is 0.197 e. The van der Waals surface area contributed by atoms with E-state index >= 15 is 0 Å². The standard InChI is InChI=1S/C7H9N5/c1-5(2)6-3-8-10-7-4-9-11-12(6)7/h3-5H,1-2H3. The van der Waals surface area contributed by atoms with E-state index in [4.69, 9.17) is 0 Å². The second-order valence-electron chi connectivity index (χ2n) is 2.93. The molecular formula is C7H9N5. The first-order valence-corrected chi connectivity index (χ1v) is 3.81. The molecule has 0 saturated carbocycles. The van der Waals surface area contributed by atoms with E-state index in [0.29, 0.717) is 11.6 Å². The summed E-state index contributed by atoms with van der Waals surface area (Å²) in [7, 11) is 0. The third-order valence-corrected chi connectivity index (χ3v) is 1.72. The van der Waals surface area contributed by atoms with Crippen molar-refractivity contribution in [1.29, 1.82) is 0 Å². The lowest BCUT2D eigenvalue weighted by Crippen LogP contribution is -2.03. The molecule has 0 unspecified atom stereocenters. The molecule has 0 atom stereocenters. The Morgan fingerprint density at radius 2 is 2.08 bits per heavy atom. The molecule has 0 fully saturated rings. The summed E-state index contributed by atoms with van der Waals surface area (Å²) >= 11 is 0. The topological polar surface area (TPSA) is 56.0 Å². The Morgan fingerprint density at radius 1 is 1.25 bits per heavy atom. The van der Waals surface area contributed by atoms with Gasteiger partial charge in [-0.3, -0.25) is 0 Å². The quantitative estimate of drug-likeness (QED) is 0.619. The van der Waals surface area contributed by atoms with Gasteiger partial charge in [-0.15, -0.1) is 10.2 Å². The molecule has 0 saturated heterocycles. The lowest BCUT2D eigenvalue weighted by atomic mass is 10.1. The second-order valence-corrected chi connectivity index (χ2v) is 2.93. The van der Waals surface area contributed by atoms with Crippen LogP contribution in [0.15, 0.2) is 12.4 Å². The molecular weight excluding hydrogens is 154 g/mol. The highest BCUT2D eigenvalue weighted by Crippen LogP contribution is 2.11. The van der Waals surface area contributed by atoms with Gasteiger partial charge in [0.05, 0.1) is 18.1 Å². The molecule has 2 rings (SSSR count). The van der Waals surface area contributed by atoms with Crippen LogP contribution in [0.4, 0.5) is 0 Å². The van der Waals surface area contributed by atoms with E-state index in [0.717, 1.165) is 5.69 Å². The first-order chi connectivity index (χ1) is 5.79. The van der Waals surface area contributed by atoms with E-state index in [2.05, 4.69) is 34.4 Å². The molecule has 0 aliphatic carbocycles. The lowest BCUT2D eigenvalue weighted by Gasteiger charge is -2.04. The van der Waals surface area contributed by atoms with Crippen LogP contribution in [-0.4, -0.2) is 25.0 Å². The highest BCUT2D eigenvalue weighted by Gasteiger charge is 2.06. The molecule has 5 heteroatoms. The summed E-state index contributed by atoms with van der Waals surface area (Å²) in [5.41, 5.74) is 1.72. The van der Waals surface area contributed by atoms with Crippen LogP contribution in [0.5, 0.6) is 0 Å². The van der Waals surface area contributed by atoms with Gasteiger partial charge in [0.25, 0.3) is 0 Å².